The molecule has 11 heavy (non-hydrogen) atoms. The number of aromatic nitrogens is 2. The van der Waals surface area contributed by atoms with E-state index in [1.165, 1.54) is 0 Å². The van der Waals surface area contributed by atoms with Gasteiger partial charge in [-0.2, -0.15) is 5.10 Å². The zero-order chi connectivity index (χ0) is 7.84. The second-order valence-corrected chi connectivity index (χ2v) is 2.98. The SMILES string of the molecule is Clc1ccc2[nH]ncc2c1Cl. The molecule has 1 aromatic carbocycles. The Morgan fingerprint density at radius 1 is 1.27 bits per heavy atom. The lowest BCUT2D eigenvalue weighted by Gasteiger charge is -1.94. The van der Waals surface area contributed by atoms with Crippen LogP contribution in [0.1, 0.15) is 0 Å². The van der Waals surface area contributed by atoms with Crippen molar-refractivity contribution < 1.29 is 0 Å². The quantitative estimate of drug-likeness (QED) is 0.674. The smallest absolute Gasteiger partial charge is 0.0702 e. The average molecular weight is 187 g/mol. The van der Waals surface area contributed by atoms with Gasteiger partial charge in [0.05, 0.1) is 21.8 Å². The monoisotopic (exact) mass is 186 g/mol. The summed E-state index contributed by atoms with van der Waals surface area (Å²) in [5.41, 5.74) is 0.902. The van der Waals surface area contributed by atoms with E-state index in [1.807, 2.05) is 6.07 Å². The molecule has 4 heteroatoms. The minimum absolute atomic E-state index is 0.554. The van der Waals surface area contributed by atoms with E-state index in [2.05, 4.69) is 10.2 Å². The molecule has 0 saturated heterocycles. The van der Waals surface area contributed by atoms with Crippen LogP contribution in [-0.4, -0.2) is 10.2 Å². The third-order valence-corrected chi connectivity index (χ3v) is 2.33. The van der Waals surface area contributed by atoms with Gasteiger partial charge in [0.15, 0.2) is 0 Å². The highest BCUT2D eigenvalue weighted by Gasteiger charge is 2.03. The van der Waals surface area contributed by atoms with Gasteiger partial charge in [0.25, 0.3) is 0 Å². The Labute approximate surface area is 73.1 Å². The van der Waals surface area contributed by atoms with Gasteiger partial charge in [-0.05, 0) is 12.1 Å². The van der Waals surface area contributed by atoms with E-state index in [1.54, 1.807) is 12.3 Å². The topological polar surface area (TPSA) is 28.7 Å². The number of nitrogens with zero attached hydrogens (tertiary/aromatic N) is 1. The number of nitrogens with one attached hydrogen (secondary N) is 1. The Bertz CT molecular complexity index is 394. The van der Waals surface area contributed by atoms with E-state index >= 15 is 0 Å². The van der Waals surface area contributed by atoms with Crippen molar-refractivity contribution in [2.75, 3.05) is 0 Å². The number of H-pyrrole nitrogens is 1. The van der Waals surface area contributed by atoms with Gasteiger partial charge in [-0.3, -0.25) is 5.10 Å². The number of hydrogen-bond donors (Lipinski definition) is 1. The summed E-state index contributed by atoms with van der Waals surface area (Å²) in [5, 5.41) is 8.60. The molecule has 0 aliphatic rings. The van der Waals surface area contributed by atoms with Crippen molar-refractivity contribution in [1.82, 2.24) is 10.2 Å². The number of rotatable bonds is 0. The first kappa shape index (κ1) is 6.95. The highest BCUT2D eigenvalue weighted by Crippen LogP contribution is 2.28. The van der Waals surface area contributed by atoms with Crippen LogP contribution in [0, 0.1) is 0 Å². The fraction of sp³-hybridized carbons (Fsp3) is 0. The van der Waals surface area contributed by atoms with Gasteiger partial charge in [-0.25, -0.2) is 0 Å². The lowest BCUT2D eigenvalue weighted by atomic mass is 10.2. The van der Waals surface area contributed by atoms with Crippen molar-refractivity contribution in [3.63, 3.8) is 0 Å². The molecular weight excluding hydrogens is 183 g/mol. The van der Waals surface area contributed by atoms with Crippen LogP contribution in [-0.2, 0) is 0 Å². The average Bonchev–Trinajstić information content (AvgIpc) is 2.45. The third kappa shape index (κ3) is 0.988. The molecule has 0 bridgehead atoms. The molecule has 56 valence electrons. The molecule has 0 saturated carbocycles. The number of aromatic amines is 1. The van der Waals surface area contributed by atoms with Crippen molar-refractivity contribution in [1.29, 1.82) is 0 Å². The second-order valence-electron chi connectivity index (χ2n) is 2.19. The maximum absolute atomic E-state index is 5.88. The van der Waals surface area contributed by atoms with Crippen LogP contribution in [0.5, 0.6) is 0 Å². The molecule has 1 aromatic heterocycles. The fourth-order valence-corrected chi connectivity index (χ4v) is 1.33. The van der Waals surface area contributed by atoms with E-state index in [4.69, 9.17) is 23.2 Å². The van der Waals surface area contributed by atoms with Gasteiger partial charge < -0.3 is 0 Å². The summed E-state index contributed by atoms with van der Waals surface area (Å²) in [5.74, 6) is 0. The van der Waals surface area contributed by atoms with Crippen LogP contribution in [0.15, 0.2) is 18.3 Å². The standard InChI is InChI=1S/C7H4Cl2N2/c8-5-1-2-6-4(7(5)9)3-10-11-6/h1-3H,(H,10,11). The van der Waals surface area contributed by atoms with Crippen LogP contribution in [0.25, 0.3) is 10.9 Å². The van der Waals surface area contributed by atoms with E-state index in [-0.39, 0.29) is 0 Å². The molecule has 0 unspecified atom stereocenters. The maximum Gasteiger partial charge on any atom is 0.0702 e. The molecule has 1 heterocycles. The summed E-state index contributed by atoms with van der Waals surface area (Å²) >= 11 is 11.6. The largest absolute Gasteiger partial charge is 0.278 e. The lowest BCUT2D eigenvalue weighted by molar-refractivity contribution is 1.12. The number of hydrogen-bond acceptors (Lipinski definition) is 1. The molecule has 1 N–H and O–H groups in total. The third-order valence-electron chi connectivity index (χ3n) is 1.51. The highest BCUT2D eigenvalue weighted by atomic mass is 35.5. The van der Waals surface area contributed by atoms with Gasteiger partial charge in [-0.1, -0.05) is 23.2 Å². The van der Waals surface area contributed by atoms with Crippen LogP contribution >= 0.6 is 23.2 Å². The molecule has 0 fully saturated rings. The Kier molecular flexibility index (Phi) is 1.51. The Balaban J connectivity index is 2.93. The van der Waals surface area contributed by atoms with Gasteiger partial charge in [0.2, 0.25) is 0 Å². The summed E-state index contributed by atoms with van der Waals surface area (Å²) < 4.78 is 0. The van der Waals surface area contributed by atoms with E-state index < -0.39 is 0 Å². The molecule has 2 aromatic rings. The lowest BCUT2D eigenvalue weighted by Crippen LogP contribution is -1.70. The molecule has 0 radical (unpaired) electrons. The van der Waals surface area contributed by atoms with Crippen LogP contribution in [0.4, 0.5) is 0 Å². The van der Waals surface area contributed by atoms with Crippen molar-refractivity contribution in [3.8, 4) is 0 Å². The molecule has 0 atom stereocenters. The number of benzene rings is 1. The second kappa shape index (κ2) is 2.40. The van der Waals surface area contributed by atoms with Gasteiger partial charge >= 0.3 is 0 Å². The summed E-state index contributed by atoms with van der Waals surface area (Å²) in [4.78, 5) is 0. The summed E-state index contributed by atoms with van der Waals surface area (Å²) in [6, 6.07) is 3.58. The molecule has 0 aliphatic carbocycles. The fourth-order valence-electron chi connectivity index (χ4n) is 0.956. The number of fused-ring (bicyclic) bond motifs is 1. The van der Waals surface area contributed by atoms with Gasteiger partial charge in [-0.15, -0.1) is 0 Å². The first-order chi connectivity index (χ1) is 5.29. The van der Waals surface area contributed by atoms with Crippen LogP contribution in [0.3, 0.4) is 0 Å². The van der Waals surface area contributed by atoms with E-state index in [9.17, 15) is 0 Å². The van der Waals surface area contributed by atoms with Crippen molar-refractivity contribution >= 4 is 34.1 Å². The predicted octanol–water partition coefficient (Wildman–Crippen LogP) is 2.87. The zero-order valence-electron chi connectivity index (χ0n) is 5.44. The number of halogens is 2. The predicted molar refractivity (Wildman–Crippen MR) is 46.1 cm³/mol. The molecule has 2 rings (SSSR count). The highest BCUT2D eigenvalue weighted by molar-refractivity contribution is 6.45. The molecule has 0 aliphatic heterocycles. The maximum atomic E-state index is 5.88. The summed E-state index contributed by atoms with van der Waals surface area (Å²) in [6.45, 7) is 0. The van der Waals surface area contributed by atoms with Crippen molar-refractivity contribution in [2.45, 2.75) is 0 Å². The van der Waals surface area contributed by atoms with E-state index in [0.717, 1.165) is 10.9 Å². The minimum Gasteiger partial charge on any atom is -0.278 e. The van der Waals surface area contributed by atoms with Gasteiger partial charge in [0, 0.05) is 5.39 Å². The van der Waals surface area contributed by atoms with Crippen LogP contribution in [0.2, 0.25) is 10.0 Å². The Morgan fingerprint density at radius 3 is 2.91 bits per heavy atom. The zero-order valence-corrected chi connectivity index (χ0v) is 6.95. The summed E-state index contributed by atoms with van der Waals surface area (Å²) in [7, 11) is 0. The minimum atomic E-state index is 0.554. The Morgan fingerprint density at radius 2 is 2.09 bits per heavy atom. The van der Waals surface area contributed by atoms with Gasteiger partial charge in [0.1, 0.15) is 0 Å². The molecule has 0 spiro atoms. The van der Waals surface area contributed by atoms with Crippen molar-refractivity contribution in [3.05, 3.63) is 28.4 Å². The molecule has 0 amide bonds. The molecule has 2 nitrogen and oxygen atoms in total. The summed E-state index contributed by atoms with van der Waals surface area (Å²) in [6.07, 6.45) is 1.66. The van der Waals surface area contributed by atoms with Crippen molar-refractivity contribution in [2.24, 2.45) is 0 Å². The Hall–Kier alpha value is -0.730. The molecular formula is C7H4Cl2N2. The van der Waals surface area contributed by atoms with Crippen LogP contribution < -0.4 is 0 Å². The first-order valence-electron chi connectivity index (χ1n) is 3.06. The first-order valence-corrected chi connectivity index (χ1v) is 3.82. The normalized spacial score (nSPS) is 10.7. The van der Waals surface area contributed by atoms with E-state index in [0.29, 0.717) is 10.0 Å².